The molecule has 0 saturated heterocycles. The fourth-order valence-electron chi connectivity index (χ4n) is 2.47. The number of aliphatic carboxylic acids is 1. The molecular formula is C16H17F3N2O4. The SMILES string of the molecule is COCCC(NC(=O)c1cc2cc(C(F)(F)F)ccc2n1C)C(=O)O. The van der Waals surface area contributed by atoms with Crippen LogP contribution in [0.3, 0.4) is 0 Å². The summed E-state index contributed by atoms with van der Waals surface area (Å²) in [4.78, 5) is 23.5. The smallest absolute Gasteiger partial charge is 0.416 e. The zero-order valence-electron chi connectivity index (χ0n) is 13.6. The van der Waals surface area contributed by atoms with Gasteiger partial charge < -0.3 is 19.7 Å². The summed E-state index contributed by atoms with van der Waals surface area (Å²) in [6, 6.07) is 3.30. The fourth-order valence-corrected chi connectivity index (χ4v) is 2.47. The minimum Gasteiger partial charge on any atom is -0.480 e. The summed E-state index contributed by atoms with van der Waals surface area (Å²) in [6.45, 7) is 0.140. The van der Waals surface area contributed by atoms with E-state index in [1.165, 1.54) is 30.9 Å². The van der Waals surface area contributed by atoms with Crippen molar-refractivity contribution in [1.82, 2.24) is 9.88 Å². The monoisotopic (exact) mass is 358 g/mol. The van der Waals surface area contributed by atoms with Crippen molar-refractivity contribution in [1.29, 1.82) is 0 Å². The normalized spacial score (nSPS) is 13.0. The van der Waals surface area contributed by atoms with Crippen molar-refractivity contribution >= 4 is 22.8 Å². The topological polar surface area (TPSA) is 80.6 Å². The molecule has 136 valence electrons. The molecule has 1 amide bonds. The molecule has 6 nitrogen and oxygen atoms in total. The number of aryl methyl sites for hydroxylation is 1. The van der Waals surface area contributed by atoms with Crippen LogP contribution >= 0.6 is 0 Å². The van der Waals surface area contributed by atoms with Crippen LogP contribution in [-0.2, 0) is 22.8 Å². The third-order valence-corrected chi connectivity index (χ3v) is 3.82. The lowest BCUT2D eigenvalue weighted by Crippen LogP contribution is -2.42. The third kappa shape index (κ3) is 4.11. The van der Waals surface area contributed by atoms with E-state index in [4.69, 9.17) is 9.84 Å². The number of carbonyl (C=O) groups excluding carboxylic acids is 1. The van der Waals surface area contributed by atoms with Crippen LogP contribution in [0.25, 0.3) is 10.9 Å². The first-order valence-electron chi connectivity index (χ1n) is 7.34. The molecule has 1 heterocycles. The van der Waals surface area contributed by atoms with Crippen LogP contribution in [0.5, 0.6) is 0 Å². The molecule has 0 aliphatic carbocycles. The maximum atomic E-state index is 12.8. The van der Waals surface area contributed by atoms with Crippen LogP contribution in [0.15, 0.2) is 24.3 Å². The first-order valence-corrected chi connectivity index (χ1v) is 7.34. The van der Waals surface area contributed by atoms with Gasteiger partial charge in [-0.05, 0) is 24.3 Å². The zero-order valence-corrected chi connectivity index (χ0v) is 13.6. The minimum absolute atomic E-state index is 0.0676. The Labute approximate surface area is 141 Å². The minimum atomic E-state index is -4.49. The Morgan fingerprint density at radius 1 is 1.32 bits per heavy atom. The van der Waals surface area contributed by atoms with Crippen LogP contribution in [-0.4, -0.2) is 41.3 Å². The van der Waals surface area contributed by atoms with Gasteiger partial charge in [0.2, 0.25) is 0 Å². The number of rotatable bonds is 6. The number of carbonyl (C=O) groups is 2. The van der Waals surface area contributed by atoms with Crippen molar-refractivity contribution in [2.24, 2.45) is 7.05 Å². The molecule has 1 atom stereocenters. The predicted octanol–water partition coefficient (Wildman–Crippen LogP) is 2.42. The first-order chi connectivity index (χ1) is 11.6. The van der Waals surface area contributed by atoms with E-state index in [1.54, 1.807) is 0 Å². The predicted molar refractivity (Wildman–Crippen MR) is 83.3 cm³/mol. The second-order valence-corrected chi connectivity index (χ2v) is 5.51. The van der Waals surface area contributed by atoms with Gasteiger partial charge in [0.15, 0.2) is 0 Å². The van der Waals surface area contributed by atoms with E-state index in [1.807, 2.05) is 0 Å². The van der Waals surface area contributed by atoms with E-state index in [-0.39, 0.29) is 24.1 Å². The van der Waals surface area contributed by atoms with Gasteiger partial charge >= 0.3 is 12.1 Å². The van der Waals surface area contributed by atoms with Gasteiger partial charge in [-0.1, -0.05) is 0 Å². The van der Waals surface area contributed by atoms with E-state index in [0.29, 0.717) is 5.52 Å². The Kier molecular flexibility index (Phi) is 5.36. The number of benzene rings is 1. The number of hydrogen-bond donors (Lipinski definition) is 2. The number of aromatic nitrogens is 1. The molecule has 2 aromatic rings. The number of nitrogens with zero attached hydrogens (tertiary/aromatic N) is 1. The summed E-state index contributed by atoms with van der Waals surface area (Å²) in [6.07, 6.45) is -4.42. The zero-order chi connectivity index (χ0) is 18.8. The number of carboxylic acids is 1. The number of carboxylic acid groups (broad SMARTS) is 1. The van der Waals surface area contributed by atoms with E-state index in [2.05, 4.69) is 5.32 Å². The molecule has 0 bridgehead atoms. The van der Waals surface area contributed by atoms with Gasteiger partial charge in [-0.3, -0.25) is 4.79 Å². The summed E-state index contributed by atoms with van der Waals surface area (Å²) in [7, 11) is 2.93. The van der Waals surface area contributed by atoms with Gasteiger partial charge in [-0.2, -0.15) is 13.2 Å². The van der Waals surface area contributed by atoms with Crippen molar-refractivity contribution in [3.05, 3.63) is 35.5 Å². The van der Waals surface area contributed by atoms with Crippen LogP contribution in [0.2, 0.25) is 0 Å². The highest BCUT2D eigenvalue weighted by Gasteiger charge is 2.31. The van der Waals surface area contributed by atoms with Crippen LogP contribution < -0.4 is 5.32 Å². The van der Waals surface area contributed by atoms with Crippen LogP contribution in [0.4, 0.5) is 13.2 Å². The quantitative estimate of drug-likeness (QED) is 0.831. The molecule has 1 aromatic heterocycles. The molecule has 1 unspecified atom stereocenters. The number of halogens is 3. The van der Waals surface area contributed by atoms with Gasteiger partial charge in [0, 0.05) is 38.1 Å². The van der Waals surface area contributed by atoms with Crippen molar-refractivity contribution in [2.45, 2.75) is 18.6 Å². The van der Waals surface area contributed by atoms with Gasteiger partial charge in [-0.25, -0.2) is 4.79 Å². The fraction of sp³-hybridized carbons (Fsp3) is 0.375. The summed E-state index contributed by atoms with van der Waals surface area (Å²) in [5, 5.41) is 11.7. The van der Waals surface area contributed by atoms with Crippen molar-refractivity contribution in [2.75, 3.05) is 13.7 Å². The molecule has 0 saturated carbocycles. The lowest BCUT2D eigenvalue weighted by Gasteiger charge is -2.14. The summed E-state index contributed by atoms with van der Waals surface area (Å²) in [5.41, 5.74) is -0.319. The van der Waals surface area contributed by atoms with Crippen molar-refractivity contribution in [3.8, 4) is 0 Å². The second kappa shape index (κ2) is 7.14. The third-order valence-electron chi connectivity index (χ3n) is 3.82. The van der Waals surface area contributed by atoms with E-state index >= 15 is 0 Å². The Bertz CT molecular complexity index is 799. The molecule has 0 spiro atoms. The lowest BCUT2D eigenvalue weighted by atomic mass is 10.1. The number of methoxy groups -OCH3 is 1. The Morgan fingerprint density at radius 2 is 2.00 bits per heavy atom. The highest BCUT2D eigenvalue weighted by molar-refractivity contribution is 6.00. The highest BCUT2D eigenvalue weighted by Crippen LogP contribution is 2.32. The number of alkyl halides is 3. The highest BCUT2D eigenvalue weighted by atomic mass is 19.4. The average molecular weight is 358 g/mol. The molecule has 0 aliphatic heterocycles. The Balaban J connectivity index is 2.32. The van der Waals surface area contributed by atoms with Crippen molar-refractivity contribution < 1.29 is 32.6 Å². The van der Waals surface area contributed by atoms with E-state index in [0.717, 1.165) is 12.1 Å². The largest absolute Gasteiger partial charge is 0.480 e. The van der Waals surface area contributed by atoms with Gasteiger partial charge in [0.25, 0.3) is 5.91 Å². The summed E-state index contributed by atoms with van der Waals surface area (Å²) in [5.74, 6) is -1.90. The molecule has 0 radical (unpaired) electrons. The van der Waals surface area contributed by atoms with E-state index < -0.39 is 29.7 Å². The molecule has 2 rings (SSSR count). The Morgan fingerprint density at radius 3 is 2.56 bits per heavy atom. The van der Waals surface area contributed by atoms with Gasteiger partial charge in [0.1, 0.15) is 11.7 Å². The van der Waals surface area contributed by atoms with E-state index in [9.17, 15) is 22.8 Å². The Hall–Kier alpha value is -2.55. The summed E-state index contributed by atoms with van der Waals surface area (Å²) >= 11 is 0. The van der Waals surface area contributed by atoms with Crippen molar-refractivity contribution in [3.63, 3.8) is 0 Å². The molecule has 25 heavy (non-hydrogen) atoms. The number of ether oxygens (including phenoxy) is 1. The number of hydrogen-bond acceptors (Lipinski definition) is 3. The first kappa shape index (κ1) is 18.8. The second-order valence-electron chi connectivity index (χ2n) is 5.51. The number of nitrogens with one attached hydrogen (secondary N) is 1. The molecule has 1 aromatic carbocycles. The molecule has 0 fully saturated rings. The van der Waals surface area contributed by atoms with Crippen LogP contribution in [0, 0.1) is 0 Å². The van der Waals surface area contributed by atoms with Gasteiger partial charge in [-0.15, -0.1) is 0 Å². The molecule has 2 N–H and O–H groups in total. The standard InChI is InChI=1S/C16H17F3N2O4/c1-21-12-4-3-10(16(17,18)19)7-9(12)8-13(21)14(22)20-11(15(23)24)5-6-25-2/h3-4,7-8,11H,5-6H2,1-2H3,(H,20,22)(H,23,24). The molecule has 0 aliphatic rings. The van der Waals surface area contributed by atoms with Crippen LogP contribution in [0.1, 0.15) is 22.5 Å². The summed E-state index contributed by atoms with van der Waals surface area (Å²) < 4.78 is 44.6. The number of fused-ring (bicyclic) bond motifs is 1. The maximum absolute atomic E-state index is 12.8. The maximum Gasteiger partial charge on any atom is 0.416 e. The molecular weight excluding hydrogens is 341 g/mol. The average Bonchev–Trinajstić information content (AvgIpc) is 2.86. The van der Waals surface area contributed by atoms with Gasteiger partial charge in [0.05, 0.1) is 5.56 Å². The molecule has 9 heteroatoms. The number of amides is 1. The lowest BCUT2D eigenvalue weighted by molar-refractivity contribution is -0.140.